The van der Waals surface area contributed by atoms with Crippen molar-refractivity contribution in [3.05, 3.63) is 35.8 Å². The summed E-state index contributed by atoms with van der Waals surface area (Å²) in [7, 11) is 1.62. The molecule has 0 aliphatic carbocycles. The molecule has 0 bridgehead atoms. The molecule has 10 heteroatoms. The fraction of sp³-hybridized carbons (Fsp3) is 0.214. The zero-order valence-electron chi connectivity index (χ0n) is 12.7. The highest BCUT2D eigenvalue weighted by atomic mass is 32.2. The van der Waals surface area contributed by atoms with Crippen LogP contribution in [0.3, 0.4) is 0 Å². The van der Waals surface area contributed by atoms with Crippen molar-refractivity contribution in [1.29, 1.82) is 0 Å². The second kappa shape index (κ2) is 7.88. The van der Waals surface area contributed by atoms with Crippen molar-refractivity contribution in [1.82, 2.24) is 25.2 Å². The van der Waals surface area contributed by atoms with Gasteiger partial charge in [0.05, 0.1) is 12.8 Å². The molecule has 0 spiro atoms. The Kier molecular flexibility index (Phi) is 5.39. The van der Waals surface area contributed by atoms with E-state index in [2.05, 4.69) is 25.8 Å². The lowest BCUT2D eigenvalue weighted by Crippen LogP contribution is -2.12. The average Bonchev–Trinajstić information content (AvgIpc) is 3.27. The molecule has 124 valence electrons. The topological polar surface area (TPSA) is 94.8 Å². The molecule has 3 aromatic rings. The van der Waals surface area contributed by atoms with Gasteiger partial charge in [0.15, 0.2) is 5.13 Å². The third kappa shape index (κ3) is 4.09. The maximum atomic E-state index is 11.8. The highest BCUT2D eigenvalue weighted by molar-refractivity contribution is 7.99. The molecule has 0 fully saturated rings. The zero-order valence-corrected chi connectivity index (χ0v) is 14.4. The molecular weight excluding hydrogens is 348 g/mol. The molecule has 0 unspecified atom stereocenters. The predicted octanol–water partition coefficient (Wildman–Crippen LogP) is 2.25. The summed E-state index contributed by atoms with van der Waals surface area (Å²) in [5.41, 5.74) is 0.829. The van der Waals surface area contributed by atoms with Crippen LogP contribution in [0.1, 0.15) is 6.42 Å². The maximum absolute atomic E-state index is 11.8. The Balaban J connectivity index is 1.56. The summed E-state index contributed by atoms with van der Waals surface area (Å²) in [4.78, 5) is 15.8. The predicted molar refractivity (Wildman–Crippen MR) is 91.8 cm³/mol. The SMILES string of the molecule is COc1ccc(-n2nnnc2SCCC(=O)Nc2nccs2)cc1. The molecule has 1 amide bonds. The first-order valence-corrected chi connectivity index (χ1v) is 8.88. The molecule has 1 aromatic carbocycles. The summed E-state index contributed by atoms with van der Waals surface area (Å²) >= 11 is 2.81. The summed E-state index contributed by atoms with van der Waals surface area (Å²) in [6, 6.07) is 7.42. The van der Waals surface area contributed by atoms with Crippen LogP contribution in [0.5, 0.6) is 5.75 Å². The fourth-order valence-electron chi connectivity index (χ4n) is 1.86. The average molecular weight is 362 g/mol. The van der Waals surface area contributed by atoms with E-state index in [0.29, 0.717) is 22.5 Å². The van der Waals surface area contributed by atoms with Crippen LogP contribution >= 0.6 is 23.1 Å². The lowest BCUT2D eigenvalue weighted by Gasteiger charge is -2.05. The van der Waals surface area contributed by atoms with Crippen molar-refractivity contribution < 1.29 is 9.53 Å². The molecule has 0 aliphatic heterocycles. The van der Waals surface area contributed by atoms with Gasteiger partial charge in [-0.3, -0.25) is 4.79 Å². The minimum atomic E-state index is -0.0825. The van der Waals surface area contributed by atoms with Crippen molar-refractivity contribution in [3.63, 3.8) is 0 Å². The van der Waals surface area contributed by atoms with Crippen LogP contribution in [0, 0.1) is 0 Å². The van der Waals surface area contributed by atoms with Crippen LogP contribution in [0.15, 0.2) is 41.0 Å². The lowest BCUT2D eigenvalue weighted by molar-refractivity contribution is -0.115. The van der Waals surface area contributed by atoms with Crippen molar-refractivity contribution in [2.75, 3.05) is 18.2 Å². The molecule has 1 N–H and O–H groups in total. The van der Waals surface area contributed by atoms with E-state index in [4.69, 9.17) is 4.74 Å². The van der Waals surface area contributed by atoms with Crippen LogP contribution in [0.25, 0.3) is 5.69 Å². The summed E-state index contributed by atoms with van der Waals surface area (Å²) in [5.74, 6) is 1.24. The van der Waals surface area contributed by atoms with Crippen LogP contribution in [-0.4, -0.2) is 44.0 Å². The van der Waals surface area contributed by atoms with Gasteiger partial charge >= 0.3 is 0 Å². The number of ether oxygens (including phenoxy) is 1. The Morgan fingerprint density at radius 3 is 2.92 bits per heavy atom. The lowest BCUT2D eigenvalue weighted by atomic mass is 10.3. The number of nitrogens with one attached hydrogen (secondary N) is 1. The monoisotopic (exact) mass is 362 g/mol. The Morgan fingerprint density at radius 1 is 1.38 bits per heavy atom. The van der Waals surface area contributed by atoms with E-state index in [9.17, 15) is 4.79 Å². The summed E-state index contributed by atoms with van der Waals surface area (Å²) in [5, 5.41) is 17.5. The van der Waals surface area contributed by atoms with Gasteiger partial charge in [0, 0.05) is 23.8 Å². The van der Waals surface area contributed by atoms with Gasteiger partial charge in [0.25, 0.3) is 0 Å². The zero-order chi connectivity index (χ0) is 16.8. The molecule has 0 saturated heterocycles. The number of carbonyl (C=O) groups excluding carboxylic acids is 1. The number of thioether (sulfide) groups is 1. The third-order valence-electron chi connectivity index (χ3n) is 3.00. The molecule has 2 aromatic heterocycles. The van der Waals surface area contributed by atoms with E-state index in [1.165, 1.54) is 23.1 Å². The number of nitrogens with zero attached hydrogens (tertiary/aromatic N) is 5. The normalized spacial score (nSPS) is 10.5. The highest BCUT2D eigenvalue weighted by Gasteiger charge is 2.11. The number of rotatable bonds is 7. The third-order valence-corrected chi connectivity index (χ3v) is 4.61. The van der Waals surface area contributed by atoms with Crippen LogP contribution < -0.4 is 10.1 Å². The van der Waals surface area contributed by atoms with Crippen LogP contribution in [0.2, 0.25) is 0 Å². The van der Waals surface area contributed by atoms with Crippen molar-refractivity contribution in [3.8, 4) is 11.4 Å². The molecule has 8 nitrogen and oxygen atoms in total. The van der Waals surface area contributed by atoms with E-state index in [1.807, 2.05) is 29.6 Å². The van der Waals surface area contributed by atoms with Crippen molar-refractivity contribution >= 4 is 34.1 Å². The van der Waals surface area contributed by atoms with E-state index >= 15 is 0 Å². The molecule has 24 heavy (non-hydrogen) atoms. The summed E-state index contributed by atoms with van der Waals surface area (Å²) in [6.45, 7) is 0. The fourth-order valence-corrected chi connectivity index (χ4v) is 3.23. The molecule has 0 aliphatic rings. The first kappa shape index (κ1) is 16.4. The van der Waals surface area contributed by atoms with Gasteiger partial charge in [-0.05, 0) is 34.7 Å². The maximum Gasteiger partial charge on any atom is 0.226 e. The number of hydrogen-bond acceptors (Lipinski definition) is 8. The van der Waals surface area contributed by atoms with E-state index in [1.54, 1.807) is 18.0 Å². The first-order valence-electron chi connectivity index (χ1n) is 7.01. The van der Waals surface area contributed by atoms with Gasteiger partial charge in [-0.1, -0.05) is 11.8 Å². The minimum Gasteiger partial charge on any atom is -0.497 e. The summed E-state index contributed by atoms with van der Waals surface area (Å²) in [6.07, 6.45) is 2.00. The molecule has 0 radical (unpaired) electrons. The van der Waals surface area contributed by atoms with Crippen LogP contribution in [0.4, 0.5) is 5.13 Å². The Morgan fingerprint density at radius 2 is 2.21 bits per heavy atom. The number of hydrogen-bond donors (Lipinski definition) is 1. The molecule has 3 rings (SSSR count). The van der Waals surface area contributed by atoms with Gasteiger partial charge in [-0.25, -0.2) is 4.98 Å². The van der Waals surface area contributed by atoms with Gasteiger partial charge in [-0.15, -0.1) is 16.4 Å². The van der Waals surface area contributed by atoms with Gasteiger partial charge in [0.1, 0.15) is 5.75 Å². The highest BCUT2D eigenvalue weighted by Crippen LogP contribution is 2.21. The van der Waals surface area contributed by atoms with E-state index < -0.39 is 0 Å². The number of thiazole rings is 1. The largest absolute Gasteiger partial charge is 0.497 e. The Hall–Kier alpha value is -2.46. The second-order valence-corrected chi connectivity index (χ2v) is 6.51. The Bertz CT molecular complexity index is 788. The number of tetrazole rings is 1. The minimum absolute atomic E-state index is 0.0825. The van der Waals surface area contributed by atoms with E-state index in [0.717, 1.165) is 11.4 Å². The number of methoxy groups -OCH3 is 1. The molecule has 0 saturated carbocycles. The number of carbonyl (C=O) groups is 1. The molecular formula is C14H14N6O2S2. The number of anilines is 1. The molecule has 2 heterocycles. The number of benzene rings is 1. The first-order chi connectivity index (χ1) is 11.8. The number of aromatic nitrogens is 5. The van der Waals surface area contributed by atoms with Crippen molar-refractivity contribution in [2.24, 2.45) is 0 Å². The second-order valence-electron chi connectivity index (χ2n) is 4.56. The Labute approximate surface area is 146 Å². The van der Waals surface area contributed by atoms with E-state index in [-0.39, 0.29) is 5.91 Å². The molecule has 0 atom stereocenters. The van der Waals surface area contributed by atoms with Gasteiger partial charge in [0.2, 0.25) is 11.1 Å². The number of amides is 1. The standard InChI is InChI=1S/C14H14N6O2S2/c1-22-11-4-2-10(3-5-11)20-14(17-18-19-20)24-8-6-12(21)16-13-15-7-9-23-13/h2-5,7,9H,6,8H2,1H3,(H,15,16,21). The smallest absolute Gasteiger partial charge is 0.226 e. The van der Waals surface area contributed by atoms with Crippen molar-refractivity contribution in [2.45, 2.75) is 11.6 Å². The van der Waals surface area contributed by atoms with Gasteiger partial charge in [-0.2, -0.15) is 4.68 Å². The van der Waals surface area contributed by atoms with Crippen LogP contribution in [-0.2, 0) is 4.79 Å². The van der Waals surface area contributed by atoms with Gasteiger partial charge < -0.3 is 10.1 Å². The quantitative estimate of drug-likeness (QED) is 0.644. The summed E-state index contributed by atoms with van der Waals surface area (Å²) < 4.78 is 6.76.